The van der Waals surface area contributed by atoms with Crippen LogP contribution in [0.25, 0.3) is 5.69 Å². The number of carbonyl (C=O) groups is 1. The largest absolute Gasteiger partial charge is 0.339 e. The van der Waals surface area contributed by atoms with Crippen LogP contribution in [0.1, 0.15) is 38.4 Å². The molecule has 1 saturated heterocycles. The molecule has 0 spiro atoms. The van der Waals surface area contributed by atoms with Gasteiger partial charge in [0, 0.05) is 32.1 Å². The summed E-state index contributed by atoms with van der Waals surface area (Å²) in [6.07, 6.45) is 2.34. The van der Waals surface area contributed by atoms with Crippen LogP contribution in [0.5, 0.6) is 0 Å². The van der Waals surface area contributed by atoms with Crippen molar-refractivity contribution in [2.24, 2.45) is 0 Å². The Labute approximate surface area is 164 Å². The minimum absolute atomic E-state index is 0.170. The maximum Gasteiger partial charge on any atom is 0.235 e. The first kappa shape index (κ1) is 18.5. The number of likely N-dealkylation sites (N-methyl/N-ethyl adjacent to an activating group) is 1. The molecule has 2 aromatic rings. The Morgan fingerprint density at radius 2 is 1.89 bits per heavy atom. The van der Waals surface area contributed by atoms with E-state index in [1.165, 1.54) is 24.6 Å². The van der Waals surface area contributed by atoms with Gasteiger partial charge in [-0.25, -0.2) is 9.67 Å². The smallest absolute Gasteiger partial charge is 0.235 e. The molecule has 27 heavy (non-hydrogen) atoms. The van der Waals surface area contributed by atoms with Crippen LogP contribution < -0.4 is 0 Å². The van der Waals surface area contributed by atoms with E-state index in [4.69, 9.17) is 10.1 Å². The Bertz CT molecular complexity index is 781. The molecule has 0 radical (unpaired) electrons. The molecule has 4 rings (SSSR count). The van der Waals surface area contributed by atoms with Crippen LogP contribution in [0.3, 0.4) is 0 Å². The average molecular weight is 386 g/mol. The van der Waals surface area contributed by atoms with Crippen molar-refractivity contribution in [1.82, 2.24) is 24.6 Å². The number of piperazine rings is 1. The first-order valence-electron chi connectivity index (χ1n) is 9.86. The van der Waals surface area contributed by atoms with E-state index in [0.717, 1.165) is 44.2 Å². The monoisotopic (exact) mass is 385 g/mol. The number of hydrogen-bond acceptors (Lipinski definition) is 5. The van der Waals surface area contributed by atoms with Crippen molar-refractivity contribution in [1.29, 1.82) is 0 Å². The predicted octanol–water partition coefficient (Wildman–Crippen LogP) is 2.79. The van der Waals surface area contributed by atoms with Crippen molar-refractivity contribution in [2.45, 2.75) is 43.0 Å². The zero-order valence-electron chi connectivity index (χ0n) is 16.0. The Kier molecular flexibility index (Phi) is 5.50. The number of nitrogens with zero attached hydrogens (tertiary/aromatic N) is 5. The Morgan fingerprint density at radius 3 is 2.52 bits per heavy atom. The second-order valence-corrected chi connectivity index (χ2v) is 8.60. The van der Waals surface area contributed by atoms with Crippen molar-refractivity contribution in [3.05, 3.63) is 36.2 Å². The third-order valence-electron chi connectivity index (χ3n) is 5.32. The number of amides is 1. The highest BCUT2D eigenvalue weighted by Gasteiger charge is 2.32. The van der Waals surface area contributed by atoms with Crippen LogP contribution in [-0.4, -0.2) is 68.4 Å². The lowest BCUT2D eigenvalue weighted by molar-refractivity contribution is -0.132. The van der Waals surface area contributed by atoms with Gasteiger partial charge in [-0.2, -0.15) is 0 Å². The van der Waals surface area contributed by atoms with Crippen LogP contribution in [0.4, 0.5) is 0 Å². The number of benzene rings is 1. The van der Waals surface area contributed by atoms with Crippen molar-refractivity contribution in [3.63, 3.8) is 0 Å². The minimum Gasteiger partial charge on any atom is -0.339 e. The van der Waals surface area contributed by atoms with Gasteiger partial charge in [0.05, 0.1) is 10.9 Å². The normalized spacial score (nSPS) is 19.3. The molecule has 2 fully saturated rings. The van der Waals surface area contributed by atoms with Crippen molar-refractivity contribution >= 4 is 17.7 Å². The third kappa shape index (κ3) is 4.19. The van der Waals surface area contributed by atoms with E-state index in [1.807, 2.05) is 34.7 Å². The summed E-state index contributed by atoms with van der Waals surface area (Å²) >= 11 is 1.48. The Balaban J connectivity index is 1.45. The lowest BCUT2D eigenvalue weighted by atomic mass is 10.3. The topological polar surface area (TPSA) is 54.3 Å². The number of thioether (sulfide) groups is 1. The number of aromatic nitrogens is 3. The maximum absolute atomic E-state index is 12.8. The summed E-state index contributed by atoms with van der Waals surface area (Å²) in [7, 11) is 0. The molecule has 1 unspecified atom stereocenters. The highest BCUT2D eigenvalue weighted by atomic mass is 32.2. The number of carbonyl (C=O) groups excluding carboxylic acids is 1. The van der Waals surface area contributed by atoms with Gasteiger partial charge in [0.1, 0.15) is 5.82 Å². The van der Waals surface area contributed by atoms with Gasteiger partial charge in [-0.15, -0.1) is 5.10 Å². The number of para-hydroxylation sites is 1. The molecule has 1 aromatic heterocycles. The molecule has 6 nitrogen and oxygen atoms in total. The van der Waals surface area contributed by atoms with Crippen molar-refractivity contribution in [2.75, 3.05) is 32.7 Å². The SMILES string of the molecule is CCN1CCN(C(=O)C(C)Sc2nc(C3CC3)n(-c3ccccc3)n2)CC1. The molecule has 1 saturated carbocycles. The second-order valence-electron chi connectivity index (χ2n) is 7.29. The molecule has 1 amide bonds. The summed E-state index contributed by atoms with van der Waals surface area (Å²) in [5.74, 6) is 1.72. The number of rotatable bonds is 6. The summed E-state index contributed by atoms with van der Waals surface area (Å²) in [6, 6.07) is 10.1. The average Bonchev–Trinajstić information content (AvgIpc) is 3.48. The zero-order valence-corrected chi connectivity index (χ0v) is 16.9. The van der Waals surface area contributed by atoms with Crippen LogP contribution in [-0.2, 0) is 4.79 Å². The highest BCUT2D eigenvalue weighted by molar-refractivity contribution is 8.00. The van der Waals surface area contributed by atoms with Gasteiger partial charge in [0.25, 0.3) is 0 Å². The summed E-state index contributed by atoms with van der Waals surface area (Å²) in [6.45, 7) is 8.75. The molecule has 2 aliphatic rings. The molecular weight excluding hydrogens is 358 g/mol. The van der Waals surface area contributed by atoms with E-state index in [0.29, 0.717) is 11.1 Å². The molecule has 0 bridgehead atoms. The van der Waals surface area contributed by atoms with E-state index in [-0.39, 0.29) is 11.2 Å². The first-order valence-corrected chi connectivity index (χ1v) is 10.7. The van der Waals surface area contributed by atoms with Gasteiger partial charge in [0.2, 0.25) is 11.1 Å². The van der Waals surface area contributed by atoms with Crippen LogP contribution in [0.15, 0.2) is 35.5 Å². The quantitative estimate of drug-likeness (QED) is 0.716. The molecule has 0 N–H and O–H groups in total. The van der Waals surface area contributed by atoms with Gasteiger partial charge < -0.3 is 9.80 Å². The molecule has 144 valence electrons. The van der Waals surface area contributed by atoms with E-state index in [2.05, 4.69) is 24.0 Å². The third-order valence-corrected chi connectivity index (χ3v) is 6.26. The lowest BCUT2D eigenvalue weighted by Crippen LogP contribution is -2.50. The van der Waals surface area contributed by atoms with E-state index in [9.17, 15) is 4.79 Å². The summed E-state index contributed by atoms with van der Waals surface area (Å²) in [5, 5.41) is 5.26. The first-order chi connectivity index (χ1) is 13.2. The Morgan fingerprint density at radius 1 is 1.19 bits per heavy atom. The molecule has 1 aliphatic carbocycles. The van der Waals surface area contributed by atoms with Crippen LogP contribution in [0.2, 0.25) is 0 Å². The van der Waals surface area contributed by atoms with Crippen molar-refractivity contribution in [3.8, 4) is 5.69 Å². The van der Waals surface area contributed by atoms with Gasteiger partial charge in [0.15, 0.2) is 0 Å². The summed E-state index contributed by atoms with van der Waals surface area (Å²) < 4.78 is 1.96. The van der Waals surface area contributed by atoms with E-state index in [1.54, 1.807) is 0 Å². The molecule has 1 atom stereocenters. The zero-order chi connectivity index (χ0) is 18.8. The summed E-state index contributed by atoms with van der Waals surface area (Å²) in [5.41, 5.74) is 1.04. The van der Waals surface area contributed by atoms with Crippen LogP contribution in [0, 0.1) is 0 Å². The lowest BCUT2D eigenvalue weighted by Gasteiger charge is -2.35. The van der Waals surface area contributed by atoms with E-state index >= 15 is 0 Å². The Hall–Kier alpha value is -1.86. The molecule has 1 aliphatic heterocycles. The van der Waals surface area contributed by atoms with E-state index < -0.39 is 0 Å². The van der Waals surface area contributed by atoms with Gasteiger partial charge in [-0.1, -0.05) is 36.9 Å². The van der Waals surface area contributed by atoms with Crippen molar-refractivity contribution < 1.29 is 4.79 Å². The fourth-order valence-electron chi connectivity index (χ4n) is 3.47. The molecule has 2 heterocycles. The second kappa shape index (κ2) is 8.02. The van der Waals surface area contributed by atoms with Gasteiger partial charge in [-0.05, 0) is 38.4 Å². The molecular formula is C20H27N5OS. The fourth-order valence-corrected chi connectivity index (χ4v) is 4.31. The van der Waals surface area contributed by atoms with Gasteiger partial charge >= 0.3 is 0 Å². The van der Waals surface area contributed by atoms with Crippen LogP contribution >= 0.6 is 11.8 Å². The fraction of sp³-hybridized carbons (Fsp3) is 0.550. The molecule has 7 heteroatoms. The highest BCUT2D eigenvalue weighted by Crippen LogP contribution is 2.40. The molecule has 1 aromatic carbocycles. The number of hydrogen-bond donors (Lipinski definition) is 0. The summed E-state index contributed by atoms with van der Waals surface area (Å²) in [4.78, 5) is 22.0. The maximum atomic E-state index is 12.8. The predicted molar refractivity (Wildman–Crippen MR) is 107 cm³/mol. The van der Waals surface area contributed by atoms with Gasteiger partial charge in [-0.3, -0.25) is 4.79 Å². The standard InChI is InChI=1S/C20H27N5OS/c1-3-23-11-13-24(14-12-23)19(26)15(2)27-20-21-18(16-9-10-16)25(22-20)17-7-5-4-6-8-17/h4-8,15-16H,3,9-14H2,1-2H3. The minimum atomic E-state index is -0.170.